The Balaban J connectivity index is 2.27. The summed E-state index contributed by atoms with van der Waals surface area (Å²) in [5.74, 6) is 5.58. The molecule has 9 heteroatoms. The molecular formula is C11H18N4O4S. The highest BCUT2D eigenvalue weighted by Crippen LogP contribution is 2.22. The monoisotopic (exact) mass is 302 g/mol. The van der Waals surface area contributed by atoms with Gasteiger partial charge >= 0.3 is 0 Å². The van der Waals surface area contributed by atoms with E-state index in [-0.39, 0.29) is 30.7 Å². The van der Waals surface area contributed by atoms with Gasteiger partial charge in [-0.2, -0.15) is 4.31 Å². The van der Waals surface area contributed by atoms with Crippen LogP contribution < -0.4 is 11.3 Å². The van der Waals surface area contributed by atoms with Gasteiger partial charge in [0.15, 0.2) is 0 Å². The number of hydrogen-bond acceptors (Lipinski definition) is 7. The van der Waals surface area contributed by atoms with E-state index in [1.807, 2.05) is 0 Å². The number of ether oxygens (including phenoxy) is 1. The molecule has 1 aromatic rings. The van der Waals surface area contributed by atoms with E-state index in [0.29, 0.717) is 5.82 Å². The first-order valence-electron chi connectivity index (χ1n) is 6.16. The van der Waals surface area contributed by atoms with Crippen LogP contribution in [0.5, 0.6) is 0 Å². The van der Waals surface area contributed by atoms with Crippen LogP contribution in [-0.4, -0.2) is 54.7 Å². The smallest absolute Gasteiger partial charge is 0.245 e. The Kier molecular flexibility index (Phi) is 4.55. The van der Waals surface area contributed by atoms with E-state index in [4.69, 9.17) is 15.7 Å². The Labute approximate surface area is 117 Å². The maximum atomic E-state index is 12.6. The van der Waals surface area contributed by atoms with Gasteiger partial charge in [-0.1, -0.05) is 0 Å². The third-order valence-electron chi connectivity index (χ3n) is 3.14. The van der Waals surface area contributed by atoms with E-state index in [9.17, 15) is 8.42 Å². The topological polar surface area (TPSA) is 118 Å². The molecule has 20 heavy (non-hydrogen) atoms. The molecule has 0 bridgehead atoms. The van der Waals surface area contributed by atoms with Gasteiger partial charge in [0.1, 0.15) is 10.7 Å². The molecule has 1 aliphatic rings. The third-order valence-corrected chi connectivity index (χ3v) is 5.11. The quantitative estimate of drug-likeness (QED) is 0.489. The second-order valence-corrected chi connectivity index (χ2v) is 6.48. The fraction of sp³-hybridized carbons (Fsp3) is 0.545. The van der Waals surface area contributed by atoms with Crippen molar-refractivity contribution in [3.63, 3.8) is 0 Å². The number of aromatic nitrogens is 1. The number of aliphatic hydroxyl groups excluding tert-OH is 1. The number of pyridine rings is 1. The Morgan fingerprint density at radius 2 is 2.35 bits per heavy atom. The number of nitrogens with zero attached hydrogens (tertiary/aromatic N) is 2. The fourth-order valence-electron chi connectivity index (χ4n) is 1.99. The van der Waals surface area contributed by atoms with Crippen LogP contribution in [0.3, 0.4) is 0 Å². The van der Waals surface area contributed by atoms with Crippen molar-refractivity contribution >= 4 is 15.8 Å². The standard InChI is InChI=1S/C11H18N4O4S/c1-8-7-19-9(6-16)5-15(8)20(17,18)10-2-3-11(14-12)13-4-10/h2-4,8-9,16H,5-7,12H2,1H3,(H,13,14). The minimum atomic E-state index is -3.67. The van der Waals surface area contributed by atoms with Gasteiger partial charge in [0.05, 0.1) is 19.3 Å². The van der Waals surface area contributed by atoms with E-state index in [1.54, 1.807) is 6.92 Å². The second-order valence-electron chi connectivity index (χ2n) is 4.59. The molecule has 0 spiro atoms. The molecule has 2 unspecified atom stereocenters. The largest absolute Gasteiger partial charge is 0.394 e. The summed E-state index contributed by atoms with van der Waals surface area (Å²) in [4.78, 5) is 3.99. The lowest BCUT2D eigenvalue weighted by Gasteiger charge is -2.36. The zero-order valence-electron chi connectivity index (χ0n) is 11.1. The van der Waals surface area contributed by atoms with Crippen molar-refractivity contribution in [2.75, 3.05) is 25.2 Å². The predicted octanol–water partition coefficient (Wildman–Crippen LogP) is -0.862. The van der Waals surface area contributed by atoms with Gasteiger partial charge < -0.3 is 15.3 Å². The Bertz CT molecular complexity index is 548. The summed E-state index contributed by atoms with van der Waals surface area (Å²) in [5, 5.41) is 9.12. The molecule has 0 radical (unpaired) electrons. The first-order chi connectivity index (χ1) is 9.48. The normalized spacial score (nSPS) is 24.6. The molecule has 2 rings (SSSR count). The summed E-state index contributed by atoms with van der Waals surface area (Å²) in [7, 11) is -3.67. The van der Waals surface area contributed by atoms with Crippen molar-refractivity contribution in [3.8, 4) is 0 Å². The first-order valence-corrected chi connectivity index (χ1v) is 7.60. The van der Waals surface area contributed by atoms with Crippen molar-refractivity contribution in [1.82, 2.24) is 9.29 Å². The molecule has 0 aliphatic carbocycles. The van der Waals surface area contributed by atoms with Crippen LogP contribution in [0.1, 0.15) is 6.92 Å². The molecule has 0 amide bonds. The third kappa shape index (κ3) is 2.91. The summed E-state index contributed by atoms with van der Waals surface area (Å²) in [5.41, 5.74) is 2.34. The maximum absolute atomic E-state index is 12.6. The lowest BCUT2D eigenvalue weighted by Crippen LogP contribution is -2.51. The van der Waals surface area contributed by atoms with Crippen molar-refractivity contribution in [3.05, 3.63) is 18.3 Å². The summed E-state index contributed by atoms with van der Waals surface area (Å²) in [6, 6.07) is 2.63. The van der Waals surface area contributed by atoms with Crippen molar-refractivity contribution in [2.24, 2.45) is 5.84 Å². The lowest BCUT2D eigenvalue weighted by atomic mass is 10.2. The zero-order valence-corrected chi connectivity index (χ0v) is 11.9. The van der Waals surface area contributed by atoms with Gasteiger partial charge in [0.25, 0.3) is 0 Å². The van der Waals surface area contributed by atoms with Crippen LogP contribution in [0.25, 0.3) is 0 Å². The van der Waals surface area contributed by atoms with Gasteiger partial charge in [0.2, 0.25) is 10.0 Å². The number of anilines is 1. The molecule has 112 valence electrons. The van der Waals surface area contributed by atoms with E-state index >= 15 is 0 Å². The molecule has 1 fully saturated rings. The van der Waals surface area contributed by atoms with Crippen molar-refractivity contribution < 1.29 is 18.3 Å². The Morgan fingerprint density at radius 1 is 1.60 bits per heavy atom. The number of nitrogens with one attached hydrogen (secondary N) is 1. The van der Waals surface area contributed by atoms with E-state index in [2.05, 4.69) is 10.4 Å². The number of aliphatic hydroxyl groups is 1. The predicted molar refractivity (Wildman–Crippen MR) is 72.2 cm³/mol. The number of hydrogen-bond donors (Lipinski definition) is 3. The highest BCUT2D eigenvalue weighted by atomic mass is 32.2. The minimum absolute atomic E-state index is 0.0851. The summed E-state index contributed by atoms with van der Waals surface area (Å²) in [6.45, 7) is 1.92. The highest BCUT2D eigenvalue weighted by molar-refractivity contribution is 7.89. The van der Waals surface area contributed by atoms with Crippen molar-refractivity contribution in [1.29, 1.82) is 0 Å². The number of nitrogen functional groups attached to an aromatic ring is 1. The molecule has 0 aromatic carbocycles. The van der Waals surface area contributed by atoms with Gasteiger partial charge in [-0.05, 0) is 19.1 Å². The van der Waals surface area contributed by atoms with E-state index in [1.165, 1.54) is 22.6 Å². The van der Waals surface area contributed by atoms with Crippen LogP contribution in [0.2, 0.25) is 0 Å². The molecule has 1 aromatic heterocycles. The van der Waals surface area contributed by atoms with Gasteiger partial charge in [-0.15, -0.1) is 0 Å². The number of nitrogens with two attached hydrogens (primary N) is 1. The summed E-state index contributed by atoms with van der Waals surface area (Å²) < 4.78 is 31.8. The number of rotatable bonds is 4. The molecule has 4 N–H and O–H groups in total. The molecule has 8 nitrogen and oxygen atoms in total. The van der Waals surface area contributed by atoms with E-state index in [0.717, 1.165) is 0 Å². The number of sulfonamides is 1. The molecule has 1 aliphatic heterocycles. The second kappa shape index (κ2) is 6.02. The van der Waals surface area contributed by atoms with Crippen LogP contribution in [0.4, 0.5) is 5.82 Å². The lowest BCUT2D eigenvalue weighted by molar-refractivity contribution is -0.0516. The zero-order chi connectivity index (χ0) is 14.8. The van der Waals surface area contributed by atoms with Crippen LogP contribution in [0, 0.1) is 0 Å². The number of morpholine rings is 1. The average Bonchev–Trinajstić information content (AvgIpc) is 2.47. The maximum Gasteiger partial charge on any atom is 0.245 e. The van der Waals surface area contributed by atoms with Crippen LogP contribution >= 0.6 is 0 Å². The van der Waals surface area contributed by atoms with Crippen molar-refractivity contribution in [2.45, 2.75) is 24.0 Å². The van der Waals surface area contributed by atoms with Gasteiger partial charge in [-0.3, -0.25) is 0 Å². The molecule has 2 atom stereocenters. The molecule has 1 saturated heterocycles. The number of hydrazine groups is 1. The molecule has 2 heterocycles. The average molecular weight is 302 g/mol. The molecular weight excluding hydrogens is 284 g/mol. The SMILES string of the molecule is CC1COC(CO)CN1S(=O)(=O)c1ccc(NN)nc1. The minimum Gasteiger partial charge on any atom is -0.394 e. The summed E-state index contributed by atoms with van der Waals surface area (Å²) >= 11 is 0. The fourth-order valence-corrected chi connectivity index (χ4v) is 3.58. The summed E-state index contributed by atoms with van der Waals surface area (Å²) in [6.07, 6.45) is 0.750. The molecule has 0 saturated carbocycles. The Morgan fingerprint density at radius 3 is 2.90 bits per heavy atom. The van der Waals surface area contributed by atoms with Crippen LogP contribution in [0.15, 0.2) is 23.2 Å². The van der Waals surface area contributed by atoms with Gasteiger partial charge in [0, 0.05) is 18.8 Å². The van der Waals surface area contributed by atoms with Crippen LogP contribution in [-0.2, 0) is 14.8 Å². The van der Waals surface area contributed by atoms with E-state index < -0.39 is 16.1 Å². The highest BCUT2D eigenvalue weighted by Gasteiger charge is 2.35. The first kappa shape index (κ1) is 15.1. The van der Waals surface area contributed by atoms with Gasteiger partial charge in [-0.25, -0.2) is 19.2 Å². The Hall–Kier alpha value is -1.26.